The Balaban J connectivity index is 1.86. The average molecular weight is 330 g/mol. The Labute approximate surface area is 145 Å². The molecule has 2 aromatic heterocycles. The van der Waals surface area contributed by atoms with Gasteiger partial charge >= 0.3 is 0 Å². The van der Waals surface area contributed by atoms with Crippen LogP contribution in [0.25, 0.3) is 22.2 Å². The fourth-order valence-corrected chi connectivity index (χ4v) is 3.10. The molecule has 0 saturated carbocycles. The van der Waals surface area contributed by atoms with Crippen LogP contribution < -0.4 is 10.3 Å². The molecule has 0 saturated heterocycles. The van der Waals surface area contributed by atoms with Gasteiger partial charge in [-0.15, -0.1) is 0 Å². The van der Waals surface area contributed by atoms with Crippen molar-refractivity contribution in [2.45, 2.75) is 6.54 Å². The van der Waals surface area contributed by atoms with Gasteiger partial charge in [0.05, 0.1) is 18.1 Å². The highest BCUT2D eigenvalue weighted by atomic mass is 16.5. The van der Waals surface area contributed by atoms with E-state index in [0.29, 0.717) is 0 Å². The van der Waals surface area contributed by atoms with Crippen LogP contribution >= 0.6 is 0 Å². The van der Waals surface area contributed by atoms with Gasteiger partial charge in [-0.2, -0.15) is 0 Å². The fraction of sp³-hybridized carbons (Fsp3) is 0.0952. The first-order valence-corrected chi connectivity index (χ1v) is 8.15. The summed E-state index contributed by atoms with van der Waals surface area (Å²) in [5, 5.41) is 0. The summed E-state index contributed by atoms with van der Waals surface area (Å²) in [4.78, 5) is 14.8. The van der Waals surface area contributed by atoms with Gasteiger partial charge in [0.25, 0.3) is 0 Å². The van der Waals surface area contributed by atoms with Crippen molar-refractivity contribution in [2.75, 3.05) is 7.11 Å². The van der Waals surface area contributed by atoms with Crippen LogP contribution in [0.2, 0.25) is 0 Å². The molecule has 2 heterocycles. The lowest BCUT2D eigenvalue weighted by Crippen LogP contribution is -2.04. The molecule has 0 aliphatic rings. The molecule has 4 rings (SSSR count). The number of methoxy groups -OCH3 is 1. The quantitative estimate of drug-likeness (QED) is 0.613. The summed E-state index contributed by atoms with van der Waals surface area (Å²) >= 11 is 0. The second kappa shape index (κ2) is 6.32. The Morgan fingerprint density at radius 1 is 0.960 bits per heavy atom. The first-order valence-electron chi connectivity index (χ1n) is 8.15. The summed E-state index contributed by atoms with van der Waals surface area (Å²) in [7, 11) is 1.65. The number of pyridine rings is 1. The van der Waals surface area contributed by atoms with Gasteiger partial charge in [0.15, 0.2) is 0 Å². The normalized spacial score (nSPS) is 10.9. The van der Waals surface area contributed by atoms with Crippen LogP contribution in [0.3, 0.4) is 0 Å². The van der Waals surface area contributed by atoms with Gasteiger partial charge in [0.2, 0.25) is 5.56 Å². The van der Waals surface area contributed by atoms with Crippen LogP contribution in [0.4, 0.5) is 0 Å². The molecular formula is C21H18N2O2. The van der Waals surface area contributed by atoms with Crippen molar-refractivity contribution in [1.82, 2.24) is 9.55 Å². The first kappa shape index (κ1) is 15.3. The van der Waals surface area contributed by atoms with Gasteiger partial charge < -0.3 is 14.3 Å². The SMILES string of the molecule is COc1ccc(-c2cn(Cc3ccccc3)c3ccc(=O)[nH]c23)cc1. The number of nitrogens with one attached hydrogen (secondary N) is 1. The molecule has 4 aromatic rings. The highest BCUT2D eigenvalue weighted by molar-refractivity contribution is 5.93. The first-order chi connectivity index (χ1) is 12.2. The summed E-state index contributed by atoms with van der Waals surface area (Å²) in [6.07, 6.45) is 2.09. The van der Waals surface area contributed by atoms with Gasteiger partial charge in [0, 0.05) is 24.4 Å². The van der Waals surface area contributed by atoms with Crippen molar-refractivity contribution >= 4 is 11.0 Å². The molecule has 0 aliphatic heterocycles. The van der Waals surface area contributed by atoms with Crippen molar-refractivity contribution in [1.29, 1.82) is 0 Å². The summed E-state index contributed by atoms with van der Waals surface area (Å²) in [5.41, 5.74) is 5.03. The number of H-pyrrole nitrogens is 1. The molecule has 0 bridgehead atoms. The van der Waals surface area contributed by atoms with Crippen LogP contribution in [-0.4, -0.2) is 16.7 Å². The van der Waals surface area contributed by atoms with Gasteiger partial charge in [-0.25, -0.2) is 0 Å². The molecule has 25 heavy (non-hydrogen) atoms. The van der Waals surface area contributed by atoms with Gasteiger partial charge in [-0.3, -0.25) is 4.79 Å². The summed E-state index contributed by atoms with van der Waals surface area (Å²) in [5.74, 6) is 0.810. The predicted octanol–water partition coefficient (Wildman–Crippen LogP) is 4.05. The maximum Gasteiger partial charge on any atom is 0.248 e. The standard InChI is InChI=1S/C21H18N2O2/c1-25-17-9-7-16(8-10-17)18-14-23(13-15-5-3-2-4-6-15)19-11-12-20(24)22-21(18)19/h2-12,14H,13H2,1H3,(H,22,24). The number of benzene rings is 2. The van der Waals surface area contributed by atoms with Crippen molar-refractivity contribution in [3.05, 3.63) is 88.8 Å². The zero-order valence-electron chi connectivity index (χ0n) is 13.9. The second-order valence-electron chi connectivity index (χ2n) is 5.97. The Kier molecular flexibility index (Phi) is 3.86. The molecule has 1 N–H and O–H groups in total. The number of rotatable bonds is 4. The fourth-order valence-electron chi connectivity index (χ4n) is 3.10. The molecule has 0 amide bonds. The smallest absolute Gasteiger partial charge is 0.248 e. The van der Waals surface area contributed by atoms with Crippen LogP contribution in [-0.2, 0) is 6.54 Å². The average Bonchev–Trinajstić information content (AvgIpc) is 3.00. The number of aromatic amines is 1. The van der Waals surface area contributed by atoms with E-state index in [0.717, 1.165) is 34.5 Å². The molecule has 0 fully saturated rings. The van der Waals surface area contributed by atoms with Crippen LogP contribution in [0.1, 0.15) is 5.56 Å². The van der Waals surface area contributed by atoms with Gasteiger partial charge in [0.1, 0.15) is 5.75 Å². The van der Waals surface area contributed by atoms with E-state index in [2.05, 4.69) is 27.9 Å². The molecule has 0 unspecified atom stereocenters. The maximum absolute atomic E-state index is 11.9. The molecule has 4 nitrogen and oxygen atoms in total. The third-order valence-corrected chi connectivity index (χ3v) is 4.36. The number of hydrogen-bond acceptors (Lipinski definition) is 2. The highest BCUT2D eigenvalue weighted by Crippen LogP contribution is 2.30. The van der Waals surface area contributed by atoms with Gasteiger partial charge in [-0.05, 0) is 29.3 Å². The molecule has 2 aromatic carbocycles. The van der Waals surface area contributed by atoms with E-state index in [9.17, 15) is 4.79 Å². The molecule has 0 radical (unpaired) electrons. The summed E-state index contributed by atoms with van der Waals surface area (Å²) in [6, 6.07) is 21.6. The minimum absolute atomic E-state index is 0.0975. The highest BCUT2D eigenvalue weighted by Gasteiger charge is 2.12. The monoisotopic (exact) mass is 330 g/mol. The van der Waals surface area contributed by atoms with Crippen molar-refractivity contribution in [3.63, 3.8) is 0 Å². The van der Waals surface area contributed by atoms with E-state index in [4.69, 9.17) is 4.74 Å². The van der Waals surface area contributed by atoms with Crippen LogP contribution in [0.15, 0.2) is 77.7 Å². The summed E-state index contributed by atoms with van der Waals surface area (Å²) in [6.45, 7) is 0.750. The topological polar surface area (TPSA) is 47.0 Å². The number of aromatic nitrogens is 2. The third kappa shape index (κ3) is 2.94. The van der Waals surface area contributed by atoms with E-state index in [1.807, 2.05) is 48.5 Å². The zero-order valence-corrected chi connectivity index (χ0v) is 13.9. The molecule has 124 valence electrons. The van der Waals surface area contributed by atoms with E-state index >= 15 is 0 Å². The predicted molar refractivity (Wildman–Crippen MR) is 100 cm³/mol. The van der Waals surface area contributed by atoms with E-state index in [-0.39, 0.29) is 5.56 Å². The van der Waals surface area contributed by atoms with E-state index < -0.39 is 0 Å². The third-order valence-electron chi connectivity index (χ3n) is 4.36. The Bertz CT molecular complexity index is 1060. The van der Waals surface area contributed by atoms with Gasteiger partial charge in [-0.1, -0.05) is 42.5 Å². The lowest BCUT2D eigenvalue weighted by Gasteiger charge is -2.04. The van der Waals surface area contributed by atoms with Crippen molar-refractivity contribution < 1.29 is 4.74 Å². The molecule has 4 heteroatoms. The minimum atomic E-state index is -0.0975. The second-order valence-corrected chi connectivity index (χ2v) is 5.97. The number of ether oxygens (including phenoxy) is 1. The Morgan fingerprint density at radius 2 is 1.72 bits per heavy atom. The van der Waals surface area contributed by atoms with Crippen molar-refractivity contribution in [2.24, 2.45) is 0 Å². The maximum atomic E-state index is 11.9. The Hall–Kier alpha value is -3.27. The largest absolute Gasteiger partial charge is 0.497 e. The summed E-state index contributed by atoms with van der Waals surface area (Å²) < 4.78 is 7.40. The number of nitrogens with zero attached hydrogens (tertiary/aromatic N) is 1. The van der Waals surface area contributed by atoms with E-state index in [1.54, 1.807) is 13.2 Å². The molecule has 0 aliphatic carbocycles. The number of hydrogen-bond donors (Lipinski definition) is 1. The Morgan fingerprint density at radius 3 is 2.44 bits per heavy atom. The zero-order chi connectivity index (χ0) is 17.2. The minimum Gasteiger partial charge on any atom is -0.497 e. The van der Waals surface area contributed by atoms with Crippen LogP contribution in [0.5, 0.6) is 5.75 Å². The molecular weight excluding hydrogens is 312 g/mol. The molecule has 0 atom stereocenters. The molecule has 0 spiro atoms. The van der Waals surface area contributed by atoms with Crippen molar-refractivity contribution in [3.8, 4) is 16.9 Å². The lowest BCUT2D eigenvalue weighted by atomic mass is 10.1. The van der Waals surface area contributed by atoms with Crippen LogP contribution in [0, 0.1) is 0 Å². The number of fused-ring (bicyclic) bond motifs is 1. The van der Waals surface area contributed by atoms with E-state index in [1.165, 1.54) is 5.56 Å². The lowest BCUT2D eigenvalue weighted by molar-refractivity contribution is 0.415.